The van der Waals surface area contributed by atoms with E-state index < -0.39 is 0 Å². The van der Waals surface area contributed by atoms with Gasteiger partial charge in [-0.15, -0.1) is 0 Å². The van der Waals surface area contributed by atoms with Gasteiger partial charge in [-0.3, -0.25) is 4.79 Å². The molecule has 0 bridgehead atoms. The molecule has 142 valence electrons. The van der Waals surface area contributed by atoms with Crippen molar-refractivity contribution >= 4 is 39.2 Å². The lowest BCUT2D eigenvalue weighted by Gasteiger charge is -2.19. The second kappa shape index (κ2) is 8.30. The highest BCUT2D eigenvalue weighted by atomic mass is 79.9. The fourth-order valence-corrected chi connectivity index (χ4v) is 3.36. The van der Waals surface area contributed by atoms with Gasteiger partial charge in [-0.1, -0.05) is 22.0 Å². The fraction of sp³-hybridized carbons (Fsp3) is 0.263. The Morgan fingerprint density at radius 1 is 1.15 bits per heavy atom. The summed E-state index contributed by atoms with van der Waals surface area (Å²) in [5.74, 6) is 1.08. The van der Waals surface area contributed by atoms with Crippen molar-refractivity contribution in [2.24, 2.45) is 0 Å². The molecule has 8 heteroatoms. The number of carbonyl (C=O) groups is 2. The Morgan fingerprint density at radius 2 is 1.93 bits per heavy atom. The molecule has 2 aromatic rings. The molecule has 1 unspecified atom stereocenters. The van der Waals surface area contributed by atoms with Gasteiger partial charge >= 0.3 is 6.03 Å². The average Bonchev–Trinajstić information content (AvgIpc) is 3.01. The summed E-state index contributed by atoms with van der Waals surface area (Å²) in [5.41, 5.74) is 1.37. The molecule has 2 N–H and O–H groups in total. The molecule has 0 spiro atoms. The van der Waals surface area contributed by atoms with Crippen LogP contribution in [-0.4, -0.2) is 38.7 Å². The molecule has 1 aliphatic rings. The summed E-state index contributed by atoms with van der Waals surface area (Å²) < 4.78 is 11.4. The predicted octanol–water partition coefficient (Wildman–Crippen LogP) is 3.39. The molecular weight excluding hydrogens is 414 g/mol. The van der Waals surface area contributed by atoms with Crippen LogP contribution in [0.4, 0.5) is 16.2 Å². The standard InChI is InChI=1S/C19H20BrN3O4/c1-26-16-7-6-15(10-17(16)27-2)23-11-14(9-18(23)24)22-19(25)21-13-5-3-4-12(20)8-13/h3-8,10,14H,9,11H2,1-2H3,(H2,21,22,25). The van der Waals surface area contributed by atoms with Gasteiger partial charge in [0.25, 0.3) is 0 Å². The fourth-order valence-electron chi connectivity index (χ4n) is 2.97. The van der Waals surface area contributed by atoms with Crippen molar-refractivity contribution in [2.45, 2.75) is 12.5 Å². The summed E-state index contributed by atoms with van der Waals surface area (Å²) in [6.07, 6.45) is 0.236. The number of anilines is 2. The van der Waals surface area contributed by atoms with E-state index in [0.717, 1.165) is 4.47 Å². The number of carbonyl (C=O) groups excluding carboxylic acids is 2. The van der Waals surface area contributed by atoms with Crippen LogP contribution in [0.2, 0.25) is 0 Å². The van der Waals surface area contributed by atoms with Gasteiger partial charge in [0.2, 0.25) is 5.91 Å². The number of ether oxygens (including phenoxy) is 2. The van der Waals surface area contributed by atoms with Crippen molar-refractivity contribution in [3.05, 3.63) is 46.9 Å². The number of methoxy groups -OCH3 is 2. The maximum atomic E-state index is 12.4. The predicted molar refractivity (Wildman–Crippen MR) is 107 cm³/mol. The Kier molecular flexibility index (Phi) is 5.85. The molecule has 1 aliphatic heterocycles. The number of nitrogens with zero attached hydrogens (tertiary/aromatic N) is 1. The number of halogens is 1. The van der Waals surface area contributed by atoms with Crippen LogP contribution in [-0.2, 0) is 4.79 Å². The Labute approximate surface area is 165 Å². The van der Waals surface area contributed by atoms with Gasteiger partial charge < -0.3 is 25.0 Å². The summed E-state index contributed by atoms with van der Waals surface area (Å²) in [7, 11) is 3.10. The van der Waals surface area contributed by atoms with Crippen molar-refractivity contribution in [2.75, 3.05) is 31.0 Å². The Hall–Kier alpha value is -2.74. The first-order valence-electron chi connectivity index (χ1n) is 8.35. The molecule has 7 nitrogen and oxygen atoms in total. The third kappa shape index (κ3) is 4.51. The Balaban J connectivity index is 1.64. The van der Waals surface area contributed by atoms with E-state index in [1.807, 2.05) is 12.1 Å². The second-order valence-corrected chi connectivity index (χ2v) is 6.97. The molecule has 3 amide bonds. The van der Waals surface area contributed by atoms with Crippen LogP contribution in [0.1, 0.15) is 6.42 Å². The Bertz CT molecular complexity index is 859. The molecule has 27 heavy (non-hydrogen) atoms. The summed E-state index contributed by atoms with van der Waals surface area (Å²) in [6, 6.07) is 12.0. The minimum atomic E-state index is -0.347. The largest absolute Gasteiger partial charge is 0.493 e. The molecule has 0 radical (unpaired) electrons. The molecule has 1 heterocycles. The van der Waals surface area contributed by atoms with Crippen molar-refractivity contribution < 1.29 is 19.1 Å². The minimum Gasteiger partial charge on any atom is -0.493 e. The molecule has 3 rings (SSSR count). The van der Waals surface area contributed by atoms with Crippen molar-refractivity contribution in [3.63, 3.8) is 0 Å². The van der Waals surface area contributed by atoms with Gasteiger partial charge in [0.15, 0.2) is 11.5 Å². The molecule has 1 atom stereocenters. The van der Waals surface area contributed by atoms with E-state index in [2.05, 4.69) is 26.6 Å². The second-order valence-electron chi connectivity index (χ2n) is 6.05. The average molecular weight is 434 g/mol. The van der Waals surface area contributed by atoms with Crippen molar-refractivity contribution in [1.82, 2.24) is 5.32 Å². The topological polar surface area (TPSA) is 79.9 Å². The van der Waals surface area contributed by atoms with Crippen LogP contribution < -0.4 is 25.0 Å². The monoisotopic (exact) mass is 433 g/mol. The van der Waals surface area contributed by atoms with E-state index in [1.165, 1.54) is 0 Å². The molecule has 0 aromatic heterocycles. The minimum absolute atomic E-state index is 0.0602. The highest BCUT2D eigenvalue weighted by molar-refractivity contribution is 9.10. The summed E-state index contributed by atoms with van der Waals surface area (Å²) in [4.78, 5) is 26.2. The molecule has 2 aromatic carbocycles. The van der Waals surface area contributed by atoms with Gasteiger partial charge in [-0.25, -0.2) is 4.79 Å². The van der Waals surface area contributed by atoms with Crippen molar-refractivity contribution in [1.29, 1.82) is 0 Å². The van der Waals surface area contributed by atoms with Gasteiger partial charge in [0, 0.05) is 34.9 Å². The van der Waals surface area contributed by atoms with Crippen LogP contribution in [0.5, 0.6) is 11.5 Å². The number of rotatable bonds is 5. The number of urea groups is 1. The first-order valence-corrected chi connectivity index (χ1v) is 9.15. The lowest BCUT2D eigenvalue weighted by Crippen LogP contribution is -2.39. The first kappa shape index (κ1) is 19.0. The third-order valence-corrected chi connectivity index (χ3v) is 4.71. The molecule has 0 aliphatic carbocycles. The van der Waals surface area contributed by atoms with Crippen LogP contribution in [0.15, 0.2) is 46.9 Å². The number of hydrogen-bond donors (Lipinski definition) is 2. The van der Waals surface area contributed by atoms with Gasteiger partial charge in [-0.2, -0.15) is 0 Å². The highest BCUT2D eigenvalue weighted by Gasteiger charge is 2.32. The normalized spacial score (nSPS) is 16.2. The maximum absolute atomic E-state index is 12.4. The van der Waals surface area contributed by atoms with Gasteiger partial charge in [0.1, 0.15) is 0 Å². The number of benzene rings is 2. The van der Waals surface area contributed by atoms with E-state index in [9.17, 15) is 9.59 Å². The smallest absolute Gasteiger partial charge is 0.319 e. The lowest BCUT2D eigenvalue weighted by atomic mass is 10.2. The quantitative estimate of drug-likeness (QED) is 0.756. The van der Waals surface area contributed by atoms with Crippen LogP contribution >= 0.6 is 15.9 Å². The van der Waals surface area contributed by atoms with Crippen LogP contribution in [0.25, 0.3) is 0 Å². The number of hydrogen-bond acceptors (Lipinski definition) is 4. The molecule has 1 saturated heterocycles. The summed E-state index contributed by atoms with van der Waals surface area (Å²) in [6.45, 7) is 0.389. The molecule has 0 saturated carbocycles. The third-order valence-electron chi connectivity index (χ3n) is 4.22. The first-order chi connectivity index (χ1) is 13.0. The zero-order valence-electron chi connectivity index (χ0n) is 15.0. The Morgan fingerprint density at radius 3 is 2.63 bits per heavy atom. The van der Waals surface area contributed by atoms with Crippen LogP contribution in [0, 0.1) is 0 Å². The summed E-state index contributed by atoms with van der Waals surface area (Å²) in [5, 5.41) is 5.61. The van der Waals surface area contributed by atoms with E-state index in [4.69, 9.17) is 9.47 Å². The highest BCUT2D eigenvalue weighted by Crippen LogP contribution is 2.33. The van der Waals surface area contributed by atoms with Gasteiger partial charge in [0.05, 0.1) is 20.3 Å². The van der Waals surface area contributed by atoms with E-state index in [1.54, 1.807) is 49.5 Å². The lowest BCUT2D eigenvalue weighted by molar-refractivity contribution is -0.117. The van der Waals surface area contributed by atoms with Gasteiger partial charge in [-0.05, 0) is 30.3 Å². The number of nitrogens with one attached hydrogen (secondary N) is 2. The molecule has 1 fully saturated rings. The van der Waals surface area contributed by atoms with E-state index in [-0.39, 0.29) is 24.4 Å². The van der Waals surface area contributed by atoms with Crippen LogP contribution in [0.3, 0.4) is 0 Å². The maximum Gasteiger partial charge on any atom is 0.319 e. The summed E-state index contributed by atoms with van der Waals surface area (Å²) >= 11 is 3.36. The van der Waals surface area contributed by atoms with E-state index in [0.29, 0.717) is 29.4 Å². The zero-order chi connectivity index (χ0) is 19.4. The van der Waals surface area contributed by atoms with E-state index >= 15 is 0 Å². The SMILES string of the molecule is COc1ccc(N2CC(NC(=O)Nc3cccc(Br)c3)CC2=O)cc1OC. The van der Waals surface area contributed by atoms with Crippen molar-refractivity contribution in [3.8, 4) is 11.5 Å². The molecular formula is C19H20BrN3O4. The number of amides is 3. The zero-order valence-corrected chi connectivity index (χ0v) is 16.6.